The molecule has 3 heteroatoms. The van der Waals surface area contributed by atoms with Gasteiger partial charge in [-0.2, -0.15) is 0 Å². The van der Waals surface area contributed by atoms with E-state index in [1.807, 2.05) is 6.92 Å². The van der Waals surface area contributed by atoms with Crippen molar-refractivity contribution < 1.29 is 9.90 Å². The van der Waals surface area contributed by atoms with Crippen molar-refractivity contribution in [2.75, 3.05) is 0 Å². The number of aliphatic hydroxyl groups is 1. The second-order valence-electron chi connectivity index (χ2n) is 6.56. The van der Waals surface area contributed by atoms with E-state index in [4.69, 9.17) is 0 Å². The van der Waals surface area contributed by atoms with Crippen LogP contribution in [-0.4, -0.2) is 23.2 Å². The number of hydrogen-bond acceptors (Lipinski definition) is 3. The Kier molecular flexibility index (Phi) is 15.2. The van der Waals surface area contributed by atoms with Crippen molar-refractivity contribution in [2.24, 2.45) is 0 Å². The smallest absolute Gasteiger partial charge is 0.149 e. The average molecular weight is 314 g/mol. The molecular formula is C19H39NO2. The van der Waals surface area contributed by atoms with Gasteiger partial charge < -0.3 is 5.11 Å². The number of carbonyl (C=O) groups excluding carboxylic acids is 1. The van der Waals surface area contributed by atoms with Gasteiger partial charge in [0.25, 0.3) is 0 Å². The van der Waals surface area contributed by atoms with Gasteiger partial charge in [0.1, 0.15) is 12.0 Å². The second kappa shape index (κ2) is 15.5. The van der Waals surface area contributed by atoms with Crippen molar-refractivity contribution in [3.63, 3.8) is 0 Å². The molecule has 0 aliphatic rings. The lowest BCUT2D eigenvalue weighted by Crippen LogP contribution is -2.41. The third-order valence-corrected chi connectivity index (χ3v) is 4.27. The van der Waals surface area contributed by atoms with Crippen molar-refractivity contribution >= 4 is 5.78 Å². The highest BCUT2D eigenvalue weighted by molar-refractivity contribution is 5.83. The lowest BCUT2D eigenvalue weighted by molar-refractivity contribution is -0.122. The fraction of sp³-hybridized carbons (Fsp3) is 0.947. The molecule has 0 aliphatic carbocycles. The Labute approximate surface area is 138 Å². The molecule has 0 amide bonds. The van der Waals surface area contributed by atoms with Crippen LogP contribution in [0.1, 0.15) is 104 Å². The number of rotatable bonds is 16. The number of unbranched alkanes of at least 4 members (excludes halogenated alkanes) is 10. The molecule has 0 aromatic rings. The van der Waals surface area contributed by atoms with Gasteiger partial charge in [-0.25, -0.2) is 0 Å². The zero-order valence-electron chi connectivity index (χ0n) is 15.2. The van der Waals surface area contributed by atoms with Crippen molar-refractivity contribution in [3.05, 3.63) is 0 Å². The number of nitrogens with one attached hydrogen (secondary N) is 1. The lowest BCUT2D eigenvalue weighted by Gasteiger charge is -2.17. The summed E-state index contributed by atoms with van der Waals surface area (Å²) in [5, 5.41) is 12.2. The Morgan fingerprint density at radius 1 is 0.864 bits per heavy atom. The van der Waals surface area contributed by atoms with Gasteiger partial charge in [-0.15, -0.1) is 0 Å². The molecule has 3 nitrogen and oxygen atoms in total. The molecular weight excluding hydrogens is 274 g/mol. The first-order chi connectivity index (χ1) is 10.6. The minimum Gasteiger partial charge on any atom is -0.379 e. The first kappa shape index (κ1) is 21.6. The lowest BCUT2D eigenvalue weighted by atomic mass is 10.0. The first-order valence-electron chi connectivity index (χ1n) is 9.58. The fourth-order valence-electron chi connectivity index (χ4n) is 2.87. The molecule has 0 bridgehead atoms. The molecule has 0 radical (unpaired) electrons. The molecule has 132 valence electrons. The summed E-state index contributed by atoms with van der Waals surface area (Å²) in [7, 11) is 0. The van der Waals surface area contributed by atoms with Gasteiger partial charge in [0.15, 0.2) is 0 Å². The van der Waals surface area contributed by atoms with Crippen LogP contribution < -0.4 is 5.32 Å². The standard InChI is InChI=1S/C19H39NO2/c1-4-6-7-8-9-10-11-12-13-14-15-16-19(22)18(5-2)20-17(3)21/h17-18,20-21H,4-16H2,1-3H3. The quantitative estimate of drug-likeness (QED) is 0.313. The van der Waals surface area contributed by atoms with E-state index in [0.29, 0.717) is 6.42 Å². The Balaban J connectivity index is 3.39. The molecule has 0 saturated carbocycles. The van der Waals surface area contributed by atoms with Gasteiger partial charge in [-0.1, -0.05) is 78.1 Å². The summed E-state index contributed by atoms with van der Waals surface area (Å²) in [5.41, 5.74) is 0. The predicted molar refractivity (Wildman–Crippen MR) is 95.0 cm³/mol. The highest BCUT2D eigenvalue weighted by atomic mass is 16.3. The summed E-state index contributed by atoms with van der Waals surface area (Å²) in [6, 6.07) is -0.178. The molecule has 0 aromatic heterocycles. The molecule has 0 heterocycles. The third kappa shape index (κ3) is 13.3. The SMILES string of the molecule is CCCCCCCCCCCCCC(=O)C(CC)NC(C)O. The summed E-state index contributed by atoms with van der Waals surface area (Å²) in [6.45, 7) is 5.91. The number of aliphatic hydroxyl groups excluding tert-OH is 1. The molecule has 0 spiro atoms. The third-order valence-electron chi connectivity index (χ3n) is 4.27. The van der Waals surface area contributed by atoms with Gasteiger partial charge in [0.2, 0.25) is 0 Å². The molecule has 0 aromatic carbocycles. The molecule has 0 rings (SSSR count). The van der Waals surface area contributed by atoms with Crippen LogP contribution in [0, 0.1) is 0 Å². The predicted octanol–water partition coefficient (Wildman–Crippen LogP) is 4.96. The summed E-state index contributed by atoms with van der Waals surface area (Å²) in [4.78, 5) is 12.0. The van der Waals surface area contributed by atoms with Crippen LogP contribution in [-0.2, 0) is 4.79 Å². The minimum atomic E-state index is -0.605. The summed E-state index contributed by atoms with van der Waals surface area (Å²) in [5.74, 6) is 0.249. The largest absolute Gasteiger partial charge is 0.379 e. The van der Waals surface area contributed by atoms with Crippen molar-refractivity contribution in [1.82, 2.24) is 5.32 Å². The Bertz CT molecular complexity index is 254. The van der Waals surface area contributed by atoms with Crippen LogP contribution >= 0.6 is 0 Å². The van der Waals surface area contributed by atoms with Crippen LogP contribution in [0.15, 0.2) is 0 Å². The maximum Gasteiger partial charge on any atom is 0.149 e. The normalized spacial score (nSPS) is 14.0. The fourth-order valence-corrected chi connectivity index (χ4v) is 2.87. The van der Waals surface area contributed by atoms with Gasteiger partial charge in [-0.3, -0.25) is 10.1 Å². The topological polar surface area (TPSA) is 49.3 Å². The average Bonchev–Trinajstić information content (AvgIpc) is 2.49. The molecule has 2 N–H and O–H groups in total. The van der Waals surface area contributed by atoms with E-state index in [9.17, 15) is 9.90 Å². The number of Topliss-reactive ketones (excluding diaryl/α,β-unsaturated/α-hetero) is 1. The van der Waals surface area contributed by atoms with E-state index in [1.54, 1.807) is 6.92 Å². The maximum absolute atomic E-state index is 12.0. The van der Waals surface area contributed by atoms with Crippen LogP contribution in [0.5, 0.6) is 0 Å². The van der Waals surface area contributed by atoms with E-state index in [-0.39, 0.29) is 11.8 Å². The molecule has 22 heavy (non-hydrogen) atoms. The van der Waals surface area contributed by atoms with E-state index in [0.717, 1.165) is 19.3 Å². The maximum atomic E-state index is 12.0. The summed E-state index contributed by atoms with van der Waals surface area (Å²) >= 11 is 0. The Morgan fingerprint density at radius 2 is 1.32 bits per heavy atom. The van der Waals surface area contributed by atoms with E-state index in [1.165, 1.54) is 57.8 Å². The zero-order valence-corrected chi connectivity index (χ0v) is 15.2. The van der Waals surface area contributed by atoms with Crippen LogP contribution in [0.2, 0.25) is 0 Å². The molecule has 0 saturated heterocycles. The number of ketones is 1. The Hall–Kier alpha value is -0.410. The zero-order chi connectivity index (χ0) is 16.6. The highest BCUT2D eigenvalue weighted by Gasteiger charge is 2.16. The van der Waals surface area contributed by atoms with E-state index < -0.39 is 6.23 Å². The minimum absolute atomic E-state index is 0.178. The number of hydrogen-bond donors (Lipinski definition) is 2. The van der Waals surface area contributed by atoms with Crippen molar-refractivity contribution in [3.8, 4) is 0 Å². The second-order valence-corrected chi connectivity index (χ2v) is 6.56. The monoisotopic (exact) mass is 313 g/mol. The van der Waals surface area contributed by atoms with Crippen molar-refractivity contribution in [1.29, 1.82) is 0 Å². The molecule has 2 unspecified atom stereocenters. The molecule has 2 atom stereocenters. The van der Waals surface area contributed by atoms with Gasteiger partial charge in [0.05, 0.1) is 6.04 Å². The van der Waals surface area contributed by atoms with Gasteiger partial charge in [-0.05, 0) is 19.8 Å². The van der Waals surface area contributed by atoms with Gasteiger partial charge in [0, 0.05) is 6.42 Å². The number of carbonyl (C=O) groups is 1. The van der Waals surface area contributed by atoms with Crippen LogP contribution in [0.3, 0.4) is 0 Å². The van der Waals surface area contributed by atoms with E-state index in [2.05, 4.69) is 12.2 Å². The summed E-state index contributed by atoms with van der Waals surface area (Å²) < 4.78 is 0. The highest BCUT2D eigenvalue weighted by Crippen LogP contribution is 2.12. The van der Waals surface area contributed by atoms with E-state index >= 15 is 0 Å². The van der Waals surface area contributed by atoms with Gasteiger partial charge >= 0.3 is 0 Å². The summed E-state index contributed by atoms with van der Waals surface area (Å²) in [6.07, 6.45) is 15.1. The van der Waals surface area contributed by atoms with Crippen LogP contribution in [0.4, 0.5) is 0 Å². The Morgan fingerprint density at radius 3 is 1.73 bits per heavy atom. The molecule has 0 fully saturated rings. The van der Waals surface area contributed by atoms with Crippen molar-refractivity contribution in [2.45, 2.75) is 117 Å². The molecule has 0 aliphatic heterocycles. The first-order valence-corrected chi connectivity index (χ1v) is 9.58. The van der Waals surface area contributed by atoms with Crippen LogP contribution in [0.25, 0.3) is 0 Å².